The number of hydrogen-bond acceptors (Lipinski definition) is 6. The molecule has 2 amide bonds. The summed E-state index contributed by atoms with van der Waals surface area (Å²) in [7, 11) is 3.93. The molecule has 0 aliphatic carbocycles. The Morgan fingerprint density at radius 2 is 1.81 bits per heavy atom. The first-order chi connectivity index (χ1) is 13.0. The minimum atomic E-state index is -0.233. The molecule has 1 heterocycles. The van der Waals surface area contributed by atoms with Crippen molar-refractivity contribution in [3.63, 3.8) is 0 Å². The number of hydrogen-bond donors (Lipinski definition) is 4. The molecule has 1 aromatic rings. The molecule has 1 aromatic carbocycles. The Morgan fingerprint density at radius 3 is 2.52 bits per heavy atom. The van der Waals surface area contributed by atoms with Gasteiger partial charge in [-0.2, -0.15) is 0 Å². The second-order valence-electron chi connectivity index (χ2n) is 6.63. The molecular formula is C19H28N2O4S2. The number of carbonyl (C=O) groups excluding carboxylic acids is 2. The van der Waals surface area contributed by atoms with Crippen LogP contribution in [0.4, 0.5) is 0 Å². The maximum atomic E-state index is 11.8. The van der Waals surface area contributed by atoms with Crippen LogP contribution in [0.5, 0.6) is 11.5 Å². The van der Waals surface area contributed by atoms with E-state index < -0.39 is 0 Å². The van der Waals surface area contributed by atoms with E-state index in [-0.39, 0.29) is 29.7 Å². The van der Waals surface area contributed by atoms with Crippen molar-refractivity contribution in [2.24, 2.45) is 0 Å². The summed E-state index contributed by atoms with van der Waals surface area (Å²) in [6.45, 7) is 1.04. The molecule has 4 N–H and O–H groups in total. The molecule has 150 valence electrons. The maximum Gasteiger partial charge on any atom is 0.224 e. The lowest BCUT2D eigenvalue weighted by Crippen LogP contribution is -2.30. The van der Waals surface area contributed by atoms with Gasteiger partial charge in [0, 0.05) is 30.5 Å². The van der Waals surface area contributed by atoms with Crippen LogP contribution in [0.3, 0.4) is 0 Å². The van der Waals surface area contributed by atoms with E-state index in [1.165, 1.54) is 30.7 Å². The molecule has 1 aliphatic rings. The van der Waals surface area contributed by atoms with Crippen molar-refractivity contribution < 1.29 is 19.8 Å². The molecule has 1 aliphatic heterocycles. The number of carbonyl (C=O) groups is 2. The molecule has 0 aromatic heterocycles. The highest BCUT2D eigenvalue weighted by molar-refractivity contribution is 8.77. The molecule has 6 nitrogen and oxygen atoms in total. The van der Waals surface area contributed by atoms with Gasteiger partial charge >= 0.3 is 0 Å². The third-order valence-corrected chi connectivity index (χ3v) is 7.32. The van der Waals surface area contributed by atoms with Crippen molar-refractivity contribution >= 4 is 33.4 Å². The minimum Gasteiger partial charge on any atom is -0.504 e. The van der Waals surface area contributed by atoms with E-state index in [0.717, 1.165) is 18.1 Å². The number of phenolic OH excluding ortho intramolecular Hbond substituents is 2. The van der Waals surface area contributed by atoms with Crippen LogP contribution in [0.2, 0.25) is 0 Å². The summed E-state index contributed by atoms with van der Waals surface area (Å²) >= 11 is 0. The highest BCUT2D eigenvalue weighted by Crippen LogP contribution is 2.39. The molecule has 1 fully saturated rings. The average Bonchev–Trinajstić information content (AvgIpc) is 3.15. The van der Waals surface area contributed by atoms with Crippen LogP contribution < -0.4 is 10.6 Å². The van der Waals surface area contributed by atoms with Crippen molar-refractivity contribution in [2.45, 2.75) is 50.2 Å². The first-order valence-corrected chi connectivity index (χ1v) is 11.8. The largest absolute Gasteiger partial charge is 0.504 e. The molecule has 0 saturated carbocycles. The minimum absolute atomic E-state index is 0.0781. The summed E-state index contributed by atoms with van der Waals surface area (Å²) in [5, 5.41) is 25.1. The molecular weight excluding hydrogens is 384 g/mol. The molecule has 1 unspecified atom stereocenters. The fourth-order valence-electron chi connectivity index (χ4n) is 2.78. The summed E-state index contributed by atoms with van der Waals surface area (Å²) in [5.74, 6) is 0.739. The molecule has 0 spiro atoms. The quantitative estimate of drug-likeness (QED) is 0.253. The standard InChI is InChI=1S/C19H28N2O4S2/c22-16-7-6-14(12-17(16)23)13-19(25)21-10-3-9-20-18(24)5-2-1-4-15-8-11-26-27-15/h6-7,12,15,22-23H,1-5,8-11,13H2,(H,20,24)(H,21,25). The monoisotopic (exact) mass is 412 g/mol. The van der Waals surface area contributed by atoms with E-state index >= 15 is 0 Å². The van der Waals surface area contributed by atoms with E-state index in [1.807, 2.05) is 21.6 Å². The van der Waals surface area contributed by atoms with Gasteiger partial charge in [-0.05, 0) is 43.4 Å². The van der Waals surface area contributed by atoms with E-state index in [2.05, 4.69) is 10.6 Å². The van der Waals surface area contributed by atoms with Crippen molar-refractivity contribution in [1.82, 2.24) is 10.6 Å². The summed E-state index contributed by atoms with van der Waals surface area (Å²) in [6.07, 6.45) is 5.92. The number of aromatic hydroxyl groups is 2. The summed E-state index contributed by atoms with van der Waals surface area (Å²) in [5.41, 5.74) is 0.630. The lowest BCUT2D eigenvalue weighted by Gasteiger charge is -2.08. The van der Waals surface area contributed by atoms with Crippen LogP contribution in [-0.2, 0) is 16.0 Å². The predicted octanol–water partition coefficient (Wildman–Crippen LogP) is 2.98. The first kappa shape index (κ1) is 21.8. The summed E-state index contributed by atoms with van der Waals surface area (Å²) < 4.78 is 0. The van der Waals surface area contributed by atoms with E-state index in [1.54, 1.807) is 6.07 Å². The van der Waals surface area contributed by atoms with Gasteiger partial charge in [-0.3, -0.25) is 9.59 Å². The fraction of sp³-hybridized carbons (Fsp3) is 0.579. The normalized spacial score (nSPS) is 16.2. The van der Waals surface area contributed by atoms with E-state index in [4.69, 9.17) is 0 Å². The molecule has 1 atom stereocenters. The first-order valence-electron chi connectivity index (χ1n) is 9.37. The van der Waals surface area contributed by atoms with Crippen LogP contribution in [-0.4, -0.2) is 46.1 Å². The van der Waals surface area contributed by atoms with Gasteiger partial charge in [-0.25, -0.2) is 0 Å². The molecule has 27 heavy (non-hydrogen) atoms. The number of rotatable bonds is 11. The molecule has 2 rings (SSSR count). The van der Waals surface area contributed by atoms with Crippen LogP contribution in [0.1, 0.15) is 44.1 Å². The van der Waals surface area contributed by atoms with Gasteiger partial charge in [0.15, 0.2) is 11.5 Å². The van der Waals surface area contributed by atoms with E-state index in [0.29, 0.717) is 31.5 Å². The summed E-state index contributed by atoms with van der Waals surface area (Å²) in [6, 6.07) is 4.33. The van der Waals surface area contributed by atoms with Gasteiger partial charge in [-0.1, -0.05) is 34.1 Å². The predicted molar refractivity (Wildman–Crippen MR) is 111 cm³/mol. The highest BCUT2D eigenvalue weighted by Gasteiger charge is 2.15. The number of amides is 2. The Hall–Kier alpha value is -1.54. The van der Waals surface area contributed by atoms with Crippen LogP contribution >= 0.6 is 21.6 Å². The number of unbranched alkanes of at least 4 members (excludes halogenated alkanes) is 1. The Labute approximate surface area is 168 Å². The Morgan fingerprint density at radius 1 is 1.04 bits per heavy atom. The maximum absolute atomic E-state index is 11.8. The van der Waals surface area contributed by atoms with Crippen LogP contribution in [0.25, 0.3) is 0 Å². The average molecular weight is 413 g/mol. The van der Waals surface area contributed by atoms with Gasteiger partial charge in [0.2, 0.25) is 11.8 Å². The van der Waals surface area contributed by atoms with Crippen molar-refractivity contribution in [3.8, 4) is 11.5 Å². The number of nitrogens with one attached hydrogen (secondary N) is 2. The Balaban J connectivity index is 1.46. The molecule has 8 heteroatoms. The van der Waals surface area contributed by atoms with Gasteiger partial charge in [0.05, 0.1) is 6.42 Å². The topological polar surface area (TPSA) is 98.7 Å². The van der Waals surface area contributed by atoms with Gasteiger partial charge in [0.1, 0.15) is 0 Å². The Bertz CT molecular complexity index is 622. The molecule has 0 radical (unpaired) electrons. The SMILES string of the molecule is O=C(CCCCC1CCSS1)NCCCNC(=O)Cc1ccc(O)c(O)c1. The van der Waals surface area contributed by atoms with Gasteiger partial charge in [0.25, 0.3) is 0 Å². The van der Waals surface area contributed by atoms with Crippen molar-refractivity contribution in [3.05, 3.63) is 23.8 Å². The second-order valence-corrected chi connectivity index (χ2v) is 9.42. The third-order valence-electron chi connectivity index (χ3n) is 4.31. The van der Waals surface area contributed by atoms with Crippen molar-refractivity contribution in [2.75, 3.05) is 18.8 Å². The fourth-order valence-corrected chi connectivity index (χ4v) is 5.81. The van der Waals surface area contributed by atoms with Gasteiger partial charge in [-0.15, -0.1) is 0 Å². The summed E-state index contributed by atoms with van der Waals surface area (Å²) in [4.78, 5) is 23.6. The zero-order valence-corrected chi connectivity index (χ0v) is 17.0. The van der Waals surface area contributed by atoms with Crippen LogP contribution in [0.15, 0.2) is 18.2 Å². The smallest absolute Gasteiger partial charge is 0.224 e. The lowest BCUT2D eigenvalue weighted by atomic mass is 10.1. The van der Waals surface area contributed by atoms with E-state index in [9.17, 15) is 19.8 Å². The number of benzene rings is 1. The lowest BCUT2D eigenvalue weighted by molar-refractivity contribution is -0.121. The zero-order chi connectivity index (χ0) is 19.5. The van der Waals surface area contributed by atoms with Gasteiger partial charge < -0.3 is 20.8 Å². The highest BCUT2D eigenvalue weighted by atomic mass is 33.1. The zero-order valence-electron chi connectivity index (χ0n) is 15.4. The second kappa shape index (κ2) is 12.0. The molecule has 1 saturated heterocycles. The van der Waals surface area contributed by atoms with Crippen LogP contribution in [0, 0.1) is 0 Å². The van der Waals surface area contributed by atoms with Crippen molar-refractivity contribution in [1.29, 1.82) is 0 Å². The third kappa shape index (κ3) is 8.79. The molecule has 0 bridgehead atoms. The number of phenols is 2. The Kier molecular flexibility index (Phi) is 9.69.